The summed E-state index contributed by atoms with van der Waals surface area (Å²) in [6.07, 6.45) is 2.97. The van der Waals surface area contributed by atoms with E-state index in [1.165, 1.54) is 47.8 Å². The minimum Gasteiger partial charge on any atom is -0.460 e. The Morgan fingerprint density at radius 1 is 0.892 bits per heavy atom. The molecule has 3 aromatic carbocycles. The van der Waals surface area contributed by atoms with Crippen molar-refractivity contribution in [2.24, 2.45) is 5.92 Å². The van der Waals surface area contributed by atoms with Crippen LogP contribution in [0, 0.1) is 12.8 Å². The van der Waals surface area contributed by atoms with Gasteiger partial charge >= 0.3 is 0 Å². The molecule has 0 saturated carbocycles. The molecule has 0 spiro atoms. The van der Waals surface area contributed by atoms with Crippen molar-refractivity contribution in [1.29, 1.82) is 0 Å². The summed E-state index contributed by atoms with van der Waals surface area (Å²) in [5.74, 6) is 1.62. The van der Waals surface area contributed by atoms with Gasteiger partial charge in [0.2, 0.25) is 0 Å². The highest BCUT2D eigenvalue weighted by molar-refractivity contribution is 7.22. The van der Waals surface area contributed by atoms with Crippen molar-refractivity contribution in [3.05, 3.63) is 89.8 Å². The van der Waals surface area contributed by atoms with Gasteiger partial charge in [-0.15, -0.1) is 11.3 Å². The van der Waals surface area contributed by atoms with Gasteiger partial charge in [-0.1, -0.05) is 71.0 Å². The van der Waals surface area contributed by atoms with Crippen LogP contribution in [0.2, 0.25) is 0 Å². The molecule has 0 aliphatic heterocycles. The molecule has 3 heterocycles. The molecule has 2 nitrogen and oxygen atoms in total. The second-order valence-corrected chi connectivity index (χ2v) is 12.7. The molecule has 37 heavy (non-hydrogen) atoms. The first kappa shape index (κ1) is 23.9. The third kappa shape index (κ3) is 4.16. The highest BCUT2D eigenvalue weighted by Crippen LogP contribution is 2.43. The van der Waals surface area contributed by atoms with Crippen molar-refractivity contribution in [3.8, 4) is 21.7 Å². The lowest BCUT2D eigenvalue weighted by Crippen LogP contribution is -2.12. The van der Waals surface area contributed by atoms with Gasteiger partial charge in [0.1, 0.15) is 11.3 Å². The van der Waals surface area contributed by atoms with Gasteiger partial charge in [0.05, 0.1) is 10.4 Å². The van der Waals surface area contributed by atoms with Crippen LogP contribution in [0.15, 0.2) is 77.3 Å². The van der Waals surface area contributed by atoms with Crippen molar-refractivity contribution in [2.45, 2.75) is 53.4 Å². The summed E-state index contributed by atoms with van der Waals surface area (Å²) >= 11 is 1.81. The zero-order valence-corrected chi connectivity index (χ0v) is 23.3. The van der Waals surface area contributed by atoms with E-state index in [0.717, 1.165) is 29.0 Å². The van der Waals surface area contributed by atoms with E-state index >= 15 is 0 Å². The fourth-order valence-corrected chi connectivity index (χ4v) is 6.70. The summed E-state index contributed by atoms with van der Waals surface area (Å²) in [7, 11) is 0. The van der Waals surface area contributed by atoms with Crippen LogP contribution in [0.25, 0.3) is 53.5 Å². The number of benzene rings is 3. The fraction of sp³-hybridized carbons (Fsp3) is 0.265. The average molecular weight is 504 g/mol. The quantitative estimate of drug-likeness (QED) is 0.239. The molecule has 3 heteroatoms. The molecule has 6 aromatic rings. The normalized spacial score (nSPS) is 12.4. The lowest BCUT2D eigenvalue weighted by atomic mass is 9.82. The van der Waals surface area contributed by atoms with E-state index in [9.17, 15) is 0 Å². The van der Waals surface area contributed by atoms with Crippen molar-refractivity contribution >= 4 is 43.2 Å². The van der Waals surface area contributed by atoms with Crippen LogP contribution in [0.4, 0.5) is 0 Å². The van der Waals surface area contributed by atoms with Crippen LogP contribution in [-0.4, -0.2) is 4.98 Å². The largest absolute Gasteiger partial charge is 0.460 e. The topological polar surface area (TPSA) is 26.0 Å². The lowest BCUT2D eigenvalue weighted by Gasteiger charge is -2.22. The van der Waals surface area contributed by atoms with Crippen molar-refractivity contribution < 1.29 is 4.42 Å². The van der Waals surface area contributed by atoms with E-state index in [4.69, 9.17) is 9.40 Å². The molecular formula is C34H33NOS. The molecule has 0 radical (unpaired) electrons. The van der Waals surface area contributed by atoms with Crippen LogP contribution in [-0.2, 0) is 11.8 Å². The molecular weight excluding hydrogens is 470 g/mol. The molecule has 0 bridgehead atoms. The van der Waals surface area contributed by atoms with Crippen LogP contribution in [0.1, 0.15) is 51.5 Å². The summed E-state index contributed by atoms with van der Waals surface area (Å²) in [4.78, 5) is 6.13. The maximum Gasteiger partial charge on any atom is 0.143 e. The molecule has 0 N–H and O–H groups in total. The SMILES string of the molecule is Cc1oc2c(-c3cc4ccnc(-c5cc(C(C)(C)C)c6ccccc6c5)c4s3)cccc2c1CC(C)C. The standard InChI is InChI=1S/C34H33NOS/c1-20(2)16-28-21(3)36-32-26(28)12-9-13-27(32)30-19-23-14-15-35-31(33(23)37-30)24-17-22-10-7-8-11-25(22)29(18-24)34(4,5)6/h7-15,17-20H,16H2,1-6H3. The highest BCUT2D eigenvalue weighted by Gasteiger charge is 2.21. The molecule has 0 atom stereocenters. The van der Waals surface area contributed by atoms with E-state index in [1.807, 2.05) is 17.5 Å². The Labute approximate surface area is 223 Å². The average Bonchev–Trinajstić information content (AvgIpc) is 3.43. The minimum absolute atomic E-state index is 0.0323. The number of rotatable bonds is 4. The number of furan rings is 1. The molecule has 186 valence electrons. The molecule has 0 aliphatic carbocycles. The maximum absolute atomic E-state index is 6.39. The minimum atomic E-state index is 0.0323. The van der Waals surface area contributed by atoms with Gasteiger partial charge < -0.3 is 4.42 Å². The molecule has 0 saturated heterocycles. The highest BCUT2D eigenvalue weighted by atomic mass is 32.1. The first-order chi connectivity index (χ1) is 17.7. The third-order valence-corrected chi connectivity index (χ3v) is 8.47. The molecule has 0 fully saturated rings. The number of para-hydroxylation sites is 1. The Bertz CT molecular complexity index is 1780. The predicted molar refractivity (Wildman–Crippen MR) is 160 cm³/mol. The molecule has 3 aromatic heterocycles. The Morgan fingerprint density at radius 2 is 1.68 bits per heavy atom. The zero-order chi connectivity index (χ0) is 25.9. The Kier molecular flexibility index (Phi) is 5.72. The summed E-state index contributed by atoms with van der Waals surface area (Å²) in [6, 6.07) is 24.3. The van der Waals surface area contributed by atoms with Gasteiger partial charge in [-0.05, 0) is 76.7 Å². The van der Waals surface area contributed by atoms with Gasteiger partial charge in [-0.25, -0.2) is 0 Å². The summed E-state index contributed by atoms with van der Waals surface area (Å²) in [6.45, 7) is 13.5. The van der Waals surface area contributed by atoms with E-state index in [2.05, 4.69) is 108 Å². The first-order valence-corrected chi connectivity index (χ1v) is 14.0. The fourth-order valence-electron chi connectivity index (χ4n) is 5.52. The molecule has 6 rings (SSSR count). The van der Waals surface area contributed by atoms with Gasteiger partial charge in [0.15, 0.2) is 0 Å². The second-order valence-electron chi connectivity index (χ2n) is 11.6. The summed E-state index contributed by atoms with van der Waals surface area (Å²) < 4.78 is 7.61. The van der Waals surface area contributed by atoms with Gasteiger partial charge in [-0.2, -0.15) is 0 Å². The van der Waals surface area contributed by atoms with Gasteiger partial charge in [-0.3, -0.25) is 4.98 Å². The Balaban J connectivity index is 1.55. The number of thiophene rings is 1. The number of hydrogen-bond donors (Lipinski definition) is 0. The Hall–Kier alpha value is -3.43. The number of fused-ring (bicyclic) bond motifs is 3. The second kappa shape index (κ2) is 8.85. The number of pyridine rings is 1. The van der Waals surface area contributed by atoms with Crippen molar-refractivity contribution in [3.63, 3.8) is 0 Å². The smallest absolute Gasteiger partial charge is 0.143 e. The monoisotopic (exact) mass is 503 g/mol. The molecule has 0 unspecified atom stereocenters. The van der Waals surface area contributed by atoms with Gasteiger partial charge in [0.25, 0.3) is 0 Å². The van der Waals surface area contributed by atoms with E-state index in [1.54, 1.807) is 0 Å². The number of aryl methyl sites for hydroxylation is 1. The van der Waals surface area contributed by atoms with Crippen molar-refractivity contribution in [1.82, 2.24) is 4.98 Å². The zero-order valence-electron chi connectivity index (χ0n) is 22.5. The van der Waals surface area contributed by atoms with E-state index in [-0.39, 0.29) is 5.41 Å². The van der Waals surface area contributed by atoms with Crippen LogP contribution < -0.4 is 0 Å². The first-order valence-electron chi connectivity index (χ1n) is 13.1. The summed E-state index contributed by atoms with van der Waals surface area (Å²) in [5, 5.41) is 5.03. The number of aromatic nitrogens is 1. The van der Waals surface area contributed by atoms with Crippen LogP contribution in [0.5, 0.6) is 0 Å². The van der Waals surface area contributed by atoms with Crippen molar-refractivity contribution in [2.75, 3.05) is 0 Å². The van der Waals surface area contributed by atoms with Crippen LogP contribution >= 0.6 is 11.3 Å². The number of hydrogen-bond acceptors (Lipinski definition) is 3. The third-order valence-electron chi connectivity index (χ3n) is 7.27. The van der Waals surface area contributed by atoms with E-state index < -0.39 is 0 Å². The molecule has 0 aliphatic rings. The Morgan fingerprint density at radius 3 is 2.46 bits per heavy atom. The summed E-state index contributed by atoms with van der Waals surface area (Å²) in [5.41, 5.74) is 7.10. The van der Waals surface area contributed by atoms with Crippen LogP contribution in [0.3, 0.4) is 0 Å². The molecule has 0 amide bonds. The van der Waals surface area contributed by atoms with Gasteiger partial charge in [0, 0.05) is 33.2 Å². The predicted octanol–water partition coefficient (Wildman–Crippen LogP) is 10.3. The number of nitrogens with zero attached hydrogens (tertiary/aromatic N) is 1. The lowest BCUT2D eigenvalue weighted by molar-refractivity contribution is 0.560. The maximum atomic E-state index is 6.39. The van der Waals surface area contributed by atoms with E-state index in [0.29, 0.717) is 5.92 Å².